The zero-order chi connectivity index (χ0) is 21.3. The Hall–Kier alpha value is -2.89. The van der Waals surface area contributed by atoms with Crippen molar-refractivity contribution in [3.05, 3.63) is 41.1 Å². The maximum atomic E-state index is 12.8. The fourth-order valence-corrected chi connectivity index (χ4v) is 3.34. The molecule has 1 aliphatic heterocycles. The van der Waals surface area contributed by atoms with Crippen molar-refractivity contribution in [2.45, 2.75) is 31.7 Å². The fourth-order valence-electron chi connectivity index (χ4n) is 3.24. The summed E-state index contributed by atoms with van der Waals surface area (Å²) in [6.07, 6.45) is 1.79. The second-order valence-corrected chi connectivity index (χ2v) is 7.29. The van der Waals surface area contributed by atoms with Gasteiger partial charge in [0.2, 0.25) is 11.8 Å². The molecule has 13 heteroatoms. The first-order valence-electron chi connectivity index (χ1n) is 9.17. The molecule has 4 rings (SSSR count). The number of aryl methyl sites for hydroxylation is 1. The third-order valence-electron chi connectivity index (χ3n) is 4.75. The van der Waals surface area contributed by atoms with Gasteiger partial charge in [-0.2, -0.15) is 28.2 Å². The van der Waals surface area contributed by atoms with Gasteiger partial charge in [0, 0.05) is 26.2 Å². The Morgan fingerprint density at radius 1 is 1.13 bits per heavy atom. The minimum absolute atomic E-state index is 0.0221. The maximum Gasteiger partial charge on any atom is 0.433 e. The Labute approximate surface area is 174 Å². The van der Waals surface area contributed by atoms with Gasteiger partial charge in [-0.05, 0) is 12.8 Å². The molecule has 0 atom stereocenters. The fraction of sp³-hybridized carbons (Fsp3) is 0.471. The Kier molecular flexibility index (Phi) is 5.50. The minimum atomic E-state index is -4.49. The van der Waals surface area contributed by atoms with Gasteiger partial charge in [-0.15, -0.1) is 5.10 Å². The summed E-state index contributed by atoms with van der Waals surface area (Å²) in [6.45, 7) is 1.47. The van der Waals surface area contributed by atoms with Crippen LogP contribution in [0.1, 0.15) is 30.3 Å². The van der Waals surface area contributed by atoms with Crippen LogP contribution in [0.15, 0.2) is 24.7 Å². The molecule has 1 aliphatic rings. The molecule has 0 spiro atoms. The highest BCUT2D eigenvalue weighted by Crippen LogP contribution is 2.31. The highest BCUT2D eigenvalue weighted by Gasteiger charge is 2.35. The van der Waals surface area contributed by atoms with E-state index in [1.54, 1.807) is 23.4 Å². The molecule has 0 bridgehead atoms. The zero-order valence-electron chi connectivity index (χ0n) is 15.9. The molecule has 160 valence electrons. The number of alkyl halides is 3. The number of nitrogens with zero attached hydrogens (tertiary/aromatic N) is 8. The van der Waals surface area contributed by atoms with Gasteiger partial charge in [0.1, 0.15) is 18.0 Å². The molecule has 0 aromatic carbocycles. The van der Waals surface area contributed by atoms with Crippen LogP contribution in [0.2, 0.25) is 5.02 Å². The molecule has 1 saturated heterocycles. The molecular formula is C17H18ClF3N8O. The average Bonchev–Trinajstić information content (AvgIpc) is 3.33. The topological polar surface area (TPSA) is 86.8 Å². The Morgan fingerprint density at radius 2 is 1.83 bits per heavy atom. The molecule has 0 saturated carbocycles. The molecule has 3 aromatic heterocycles. The van der Waals surface area contributed by atoms with E-state index in [1.165, 1.54) is 7.05 Å². The SMILES string of the molecule is Cn1nc(OCc2cnn(C3CCN(c4ncc(Cl)cn4)CC3)n2)cc1C(F)(F)F. The molecule has 3 aromatic rings. The van der Waals surface area contributed by atoms with Crippen LogP contribution in [-0.4, -0.2) is 47.8 Å². The standard InChI is InChI=1S/C17H18ClF3N8O/c1-27-14(17(19,20)21)6-15(26-27)30-10-12-9-24-29(25-12)13-2-4-28(5-3-13)16-22-7-11(18)8-23-16/h6-9,13H,2-5,10H2,1H3. The van der Waals surface area contributed by atoms with Gasteiger partial charge in [-0.1, -0.05) is 11.6 Å². The molecule has 0 amide bonds. The first kappa shape index (κ1) is 20.4. The number of anilines is 1. The van der Waals surface area contributed by atoms with Crippen molar-refractivity contribution in [3.8, 4) is 5.88 Å². The summed E-state index contributed by atoms with van der Waals surface area (Å²) in [4.78, 5) is 12.2. The number of aromatic nitrogens is 7. The predicted octanol–water partition coefficient (Wildman–Crippen LogP) is 2.89. The molecule has 0 aliphatic carbocycles. The van der Waals surface area contributed by atoms with Crippen LogP contribution in [-0.2, 0) is 19.8 Å². The molecule has 9 nitrogen and oxygen atoms in total. The first-order valence-corrected chi connectivity index (χ1v) is 9.54. The highest BCUT2D eigenvalue weighted by molar-refractivity contribution is 6.30. The summed E-state index contributed by atoms with van der Waals surface area (Å²) in [7, 11) is 1.22. The smallest absolute Gasteiger partial charge is 0.433 e. The normalized spacial score (nSPS) is 15.6. The van der Waals surface area contributed by atoms with Crippen LogP contribution in [0.3, 0.4) is 0 Å². The summed E-state index contributed by atoms with van der Waals surface area (Å²) < 4.78 is 44.6. The monoisotopic (exact) mass is 442 g/mol. The van der Waals surface area contributed by atoms with Gasteiger partial charge < -0.3 is 9.64 Å². The lowest BCUT2D eigenvalue weighted by atomic mass is 10.1. The number of piperidine rings is 1. The van der Waals surface area contributed by atoms with E-state index < -0.39 is 11.9 Å². The van der Waals surface area contributed by atoms with Crippen LogP contribution < -0.4 is 9.64 Å². The van der Waals surface area contributed by atoms with E-state index in [-0.39, 0.29) is 18.5 Å². The third kappa shape index (κ3) is 4.48. The van der Waals surface area contributed by atoms with Gasteiger partial charge >= 0.3 is 6.18 Å². The number of halogens is 4. The average molecular weight is 443 g/mol. The Morgan fingerprint density at radius 3 is 2.47 bits per heavy atom. The quantitative estimate of drug-likeness (QED) is 0.600. The van der Waals surface area contributed by atoms with Gasteiger partial charge in [-0.25, -0.2) is 9.97 Å². The molecule has 4 heterocycles. The molecule has 0 N–H and O–H groups in total. The van der Waals surface area contributed by atoms with Crippen molar-refractivity contribution in [3.63, 3.8) is 0 Å². The van der Waals surface area contributed by atoms with E-state index in [9.17, 15) is 13.2 Å². The number of rotatable bonds is 5. The van der Waals surface area contributed by atoms with Crippen molar-refractivity contribution in [1.29, 1.82) is 0 Å². The second-order valence-electron chi connectivity index (χ2n) is 6.85. The third-order valence-corrected chi connectivity index (χ3v) is 4.95. The van der Waals surface area contributed by atoms with Gasteiger partial charge in [0.05, 0.1) is 29.7 Å². The molecule has 0 radical (unpaired) electrons. The largest absolute Gasteiger partial charge is 0.470 e. The van der Waals surface area contributed by atoms with Crippen LogP contribution >= 0.6 is 11.6 Å². The molecular weight excluding hydrogens is 425 g/mol. The van der Waals surface area contributed by atoms with Crippen molar-refractivity contribution in [2.24, 2.45) is 7.05 Å². The minimum Gasteiger partial charge on any atom is -0.470 e. The van der Waals surface area contributed by atoms with Crippen LogP contribution in [0, 0.1) is 0 Å². The van der Waals surface area contributed by atoms with E-state index in [2.05, 4.69) is 30.2 Å². The lowest BCUT2D eigenvalue weighted by Crippen LogP contribution is -2.36. The maximum absolute atomic E-state index is 12.8. The first-order chi connectivity index (χ1) is 14.3. The van der Waals surface area contributed by atoms with Crippen molar-refractivity contribution in [2.75, 3.05) is 18.0 Å². The van der Waals surface area contributed by atoms with Gasteiger partial charge in [-0.3, -0.25) is 4.68 Å². The van der Waals surface area contributed by atoms with E-state index in [0.29, 0.717) is 16.7 Å². The lowest BCUT2D eigenvalue weighted by molar-refractivity contribution is -0.143. The summed E-state index contributed by atoms with van der Waals surface area (Å²) in [5.74, 6) is 0.518. The number of hydrogen-bond acceptors (Lipinski definition) is 7. The molecule has 0 unspecified atom stereocenters. The van der Waals surface area contributed by atoms with E-state index in [0.717, 1.165) is 36.7 Å². The molecule has 1 fully saturated rings. The van der Waals surface area contributed by atoms with E-state index in [1.807, 2.05) is 0 Å². The molecule has 30 heavy (non-hydrogen) atoms. The van der Waals surface area contributed by atoms with Gasteiger partial charge in [0.15, 0.2) is 0 Å². The second kappa shape index (κ2) is 8.09. The van der Waals surface area contributed by atoms with Crippen molar-refractivity contribution in [1.82, 2.24) is 34.7 Å². The zero-order valence-corrected chi connectivity index (χ0v) is 16.7. The highest BCUT2D eigenvalue weighted by atomic mass is 35.5. The predicted molar refractivity (Wildman–Crippen MR) is 100 cm³/mol. The van der Waals surface area contributed by atoms with Crippen molar-refractivity contribution >= 4 is 17.5 Å². The van der Waals surface area contributed by atoms with Crippen LogP contribution in [0.25, 0.3) is 0 Å². The van der Waals surface area contributed by atoms with E-state index >= 15 is 0 Å². The lowest BCUT2D eigenvalue weighted by Gasteiger charge is -2.31. The van der Waals surface area contributed by atoms with E-state index in [4.69, 9.17) is 16.3 Å². The summed E-state index contributed by atoms with van der Waals surface area (Å²) in [5, 5.41) is 12.9. The Bertz CT molecular complexity index is 995. The Balaban J connectivity index is 1.32. The van der Waals surface area contributed by atoms with Crippen LogP contribution in [0.5, 0.6) is 5.88 Å². The summed E-state index contributed by atoms with van der Waals surface area (Å²) in [6, 6.07) is 0.966. The number of hydrogen-bond donors (Lipinski definition) is 0. The summed E-state index contributed by atoms with van der Waals surface area (Å²) >= 11 is 5.82. The van der Waals surface area contributed by atoms with Crippen molar-refractivity contribution < 1.29 is 17.9 Å². The number of ether oxygens (including phenoxy) is 1. The summed E-state index contributed by atoms with van der Waals surface area (Å²) in [5.41, 5.74) is -0.366. The van der Waals surface area contributed by atoms with Crippen LogP contribution in [0.4, 0.5) is 19.1 Å². The van der Waals surface area contributed by atoms with Gasteiger partial charge in [0.25, 0.3) is 0 Å².